The molecule has 0 radical (unpaired) electrons. The lowest BCUT2D eigenvalue weighted by Crippen LogP contribution is -1.97. The van der Waals surface area contributed by atoms with Crippen molar-refractivity contribution in [3.8, 4) is 0 Å². The topological polar surface area (TPSA) is 55.3 Å². The molecule has 1 N–H and O–H groups in total. The molecule has 98 valence electrons. The Bertz CT molecular complexity index is 671. The summed E-state index contributed by atoms with van der Waals surface area (Å²) in [5, 5.41) is 10.0. The van der Waals surface area contributed by atoms with Crippen LogP contribution in [-0.4, -0.2) is 24.0 Å². The summed E-state index contributed by atoms with van der Waals surface area (Å²) >= 11 is 1.62. The van der Waals surface area contributed by atoms with Crippen LogP contribution in [0.4, 0.5) is 0 Å². The minimum Gasteiger partial charge on any atom is -0.390 e. The highest BCUT2D eigenvalue weighted by molar-refractivity contribution is 7.98. The molecule has 3 aromatic heterocycles. The van der Waals surface area contributed by atoms with Crippen LogP contribution in [0.1, 0.15) is 11.4 Å². The average molecular weight is 274 g/mol. The first-order chi connectivity index (χ1) is 9.28. The Labute approximate surface area is 114 Å². The van der Waals surface area contributed by atoms with Crippen LogP contribution in [0.25, 0.3) is 5.65 Å². The predicted octanol–water partition coefficient (Wildman–Crippen LogP) is 1.85. The number of thioether (sulfide) groups is 1. The zero-order chi connectivity index (χ0) is 13.2. The number of aliphatic hydroxyl groups excluding tert-OH is 1. The van der Waals surface area contributed by atoms with E-state index in [4.69, 9.17) is 5.11 Å². The number of aromatic nitrogens is 4. The van der Waals surface area contributed by atoms with Gasteiger partial charge in [-0.3, -0.25) is 0 Å². The molecule has 5 nitrogen and oxygen atoms in total. The number of fused-ring (bicyclic) bond motifs is 1. The number of aliphatic hydroxyl groups is 1. The molecule has 0 saturated carbocycles. The molecule has 19 heavy (non-hydrogen) atoms. The molecule has 0 amide bonds. The van der Waals surface area contributed by atoms with E-state index in [1.165, 1.54) is 0 Å². The Morgan fingerprint density at radius 2 is 2.26 bits per heavy atom. The fraction of sp³-hybridized carbons (Fsp3) is 0.231. The van der Waals surface area contributed by atoms with Gasteiger partial charge >= 0.3 is 0 Å². The lowest BCUT2D eigenvalue weighted by Gasteiger charge is -2.02. The van der Waals surface area contributed by atoms with E-state index >= 15 is 0 Å². The first kappa shape index (κ1) is 12.3. The van der Waals surface area contributed by atoms with Crippen LogP contribution >= 0.6 is 11.8 Å². The van der Waals surface area contributed by atoms with Crippen molar-refractivity contribution in [2.24, 2.45) is 7.05 Å². The van der Waals surface area contributed by atoms with Crippen molar-refractivity contribution >= 4 is 17.4 Å². The maximum atomic E-state index is 9.13. The van der Waals surface area contributed by atoms with Gasteiger partial charge in [-0.1, -0.05) is 17.8 Å². The molecule has 6 heteroatoms. The first-order valence-electron chi connectivity index (χ1n) is 5.95. The molecule has 0 fully saturated rings. The lowest BCUT2D eigenvalue weighted by molar-refractivity contribution is 0.271. The fourth-order valence-corrected chi connectivity index (χ4v) is 2.76. The van der Waals surface area contributed by atoms with Gasteiger partial charge in [-0.25, -0.2) is 9.97 Å². The van der Waals surface area contributed by atoms with Crippen LogP contribution in [0.2, 0.25) is 0 Å². The predicted molar refractivity (Wildman–Crippen MR) is 73.9 cm³/mol. The van der Waals surface area contributed by atoms with E-state index < -0.39 is 0 Å². The van der Waals surface area contributed by atoms with Crippen molar-refractivity contribution in [3.63, 3.8) is 0 Å². The van der Waals surface area contributed by atoms with Gasteiger partial charge < -0.3 is 14.1 Å². The fourth-order valence-electron chi connectivity index (χ4n) is 1.90. The normalized spacial score (nSPS) is 11.3. The summed E-state index contributed by atoms with van der Waals surface area (Å²) in [6, 6.07) is 5.95. The molecule has 0 atom stereocenters. The first-order valence-corrected chi connectivity index (χ1v) is 6.93. The molecule has 0 bridgehead atoms. The highest BCUT2D eigenvalue weighted by Crippen LogP contribution is 2.21. The van der Waals surface area contributed by atoms with Crippen molar-refractivity contribution in [2.75, 3.05) is 0 Å². The molecule has 0 aliphatic heterocycles. The third-order valence-corrected chi connectivity index (χ3v) is 4.04. The van der Waals surface area contributed by atoms with Crippen LogP contribution in [-0.2, 0) is 19.4 Å². The molecule has 0 spiro atoms. The van der Waals surface area contributed by atoms with Gasteiger partial charge in [0.1, 0.15) is 5.65 Å². The van der Waals surface area contributed by atoms with E-state index in [9.17, 15) is 0 Å². The SMILES string of the molecule is Cn1c(CO)cnc1SCc1cn2ccccc2n1. The zero-order valence-electron chi connectivity index (χ0n) is 10.5. The molecule has 3 aromatic rings. The number of rotatable bonds is 4. The Balaban J connectivity index is 1.76. The number of hydrogen-bond acceptors (Lipinski definition) is 4. The summed E-state index contributed by atoms with van der Waals surface area (Å²) in [5.41, 5.74) is 2.79. The summed E-state index contributed by atoms with van der Waals surface area (Å²) in [4.78, 5) is 8.83. The average Bonchev–Trinajstić information content (AvgIpc) is 2.99. The minimum absolute atomic E-state index is 0.0123. The maximum absolute atomic E-state index is 9.13. The number of nitrogens with zero attached hydrogens (tertiary/aromatic N) is 4. The van der Waals surface area contributed by atoms with Crippen LogP contribution in [0.15, 0.2) is 41.9 Å². The highest BCUT2D eigenvalue weighted by Gasteiger charge is 2.08. The summed E-state index contributed by atoms with van der Waals surface area (Å²) < 4.78 is 3.91. The van der Waals surface area contributed by atoms with E-state index in [-0.39, 0.29) is 6.61 Å². The molecule has 3 rings (SSSR count). The summed E-state index contributed by atoms with van der Waals surface area (Å²) in [5.74, 6) is 0.761. The molecule has 0 aliphatic carbocycles. The monoisotopic (exact) mass is 274 g/mol. The highest BCUT2D eigenvalue weighted by atomic mass is 32.2. The third kappa shape index (κ3) is 2.36. The van der Waals surface area contributed by atoms with Crippen molar-refractivity contribution in [1.29, 1.82) is 0 Å². The van der Waals surface area contributed by atoms with Gasteiger partial charge in [0.05, 0.1) is 24.2 Å². The van der Waals surface area contributed by atoms with Gasteiger partial charge in [0.15, 0.2) is 5.16 Å². The summed E-state index contributed by atoms with van der Waals surface area (Å²) in [6.45, 7) is 0.0123. The van der Waals surface area contributed by atoms with E-state index in [1.54, 1.807) is 18.0 Å². The molecular formula is C13H14N4OS. The second kappa shape index (κ2) is 5.07. The van der Waals surface area contributed by atoms with Crippen LogP contribution in [0, 0.1) is 0 Å². The third-order valence-electron chi connectivity index (χ3n) is 2.97. The minimum atomic E-state index is 0.0123. The molecular weight excluding hydrogens is 260 g/mol. The van der Waals surface area contributed by atoms with E-state index in [2.05, 4.69) is 9.97 Å². The summed E-state index contributed by atoms with van der Waals surface area (Å²) in [6.07, 6.45) is 5.71. The van der Waals surface area contributed by atoms with Gasteiger partial charge in [-0.05, 0) is 12.1 Å². The van der Waals surface area contributed by atoms with Crippen molar-refractivity contribution in [2.45, 2.75) is 17.5 Å². The van der Waals surface area contributed by atoms with E-state index in [1.807, 2.05) is 46.6 Å². The van der Waals surface area contributed by atoms with E-state index in [0.29, 0.717) is 0 Å². The van der Waals surface area contributed by atoms with Crippen LogP contribution in [0.5, 0.6) is 0 Å². The van der Waals surface area contributed by atoms with Crippen molar-refractivity contribution in [1.82, 2.24) is 18.9 Å². The molecule has 0 aliphatic rings. The lowest BCUT2D eigenvalue weighted by atomic mass is 10.5. The quantitative estimate of drug-likeness (QED) is 0.738. The van der Waals surface area contributed by atoms with Gasteiger partial charge in [0.25, 0.3) is 0 Å². The maximum Gasteiger partial charge on any atom is 0.168 e. The zero-order valence-corrected chi connectivity index (χ0v) is 11.3. The Hall–Kier alpha value is -1.79. The Morgan fingerprint density at radius 1 is 1.37 bits per heavy atom. The van der Waals surface area contributed by atoms with Crippen molar-refractivity contribution in [3.05, 3.63) is 48.2 Å². The van der Waals surface area contributed by atoms with E-state index in [0.717, 1.165) is 27.9 Å². The Morgan fingerprint density at radius 3 is 3.00 bits per heavy atom. The smallest absolute Gasteiger partial charge is 0.168 e. The second-order valence-corrected chi connectivity index (χ2v) is 5.18. The number of imidazole rings is 2. The molecule has 3 heterocycles. The summed E-state index contributed by atoms with van der Waals surface area (Å²) in [7, 11) is 1.91. The van der Waals surface area contributed by atoms with Gasteiger partial charge in [0.2, 0.25) is 0 Å². The largest absolute Gasteiger partial charge is 0.390 e. The number of pyridine rings is 1. The van der Waals surface area contributed by atoms with Gasteiger partial charge in [-0.2, -0.15) is 0 Å². The molecule has 0 saturated heterocycles. The van der Waals surface area contributed by atoms with Gasteiger partial charge in [-0.15, -0.1) is 0 Å². The van der Waals surface area contributed by atoms with Gasteiger partial charge in [0, 0.05) is 25.2 Å². The second-order valence-electron chi connectivity index (χ2n) is 4.24. The van der Waals surface area contributed by atoms with Crippen molar-refractivity contribution < 1.29 is 5.11 Å². The molecule has 0 aromatic carbocycles. The Kier molecular flexibility index (Phi) is 3.27. The molecule has 0 unspecified atom stereocenters. The number of hydrogen-bond donors (Lipinski definition) is 1. The standard InChI is InChI=1S/C13H14N4OS/c1-16-11(8-18)6-14-13(16)19-9-10-7-17-5-3-2-4-12(17)15-10/h2-7,18H,8-9H2,1H3. The van der Waals surface area contributed by atoms with Crippen LogP contribution < -0.4 is 0 Å². The van der Waals surface area contributed by atoms with Crippen LogP contribution in [0.3, 0.4) is 0 Å².